The molecule has 2 atom stereocenters. The Morgan fingerprint density at radius 1 is 1.10 bits per heavy atom. The summed E-state index contributed by atoms with van der Waals surface area (Å²) in [7, 11) is 1.55. The topological polar surface area (TPSA) is 63.2 Å². The van der Waals surface area contributed by atoms with Crippen molar-refractivity contribution in [3.05, 3.63) is 29.8 Å². The van der Waals surface area contributed by atoms with Crippen molar-refractivity contribution in [2.24, 2.45) is 11.8 Å². The van der Waals surface area contributed by atoms with Gasteiger partial charge in [-0.1, -0.05) is 32.9 Å². The lowest BCUT2D eigenvalue weighted by Gasteiger charge is -2.20. The van der Waals surface area contributed by atoms with Crippen molar-refractivity contribution in [2.75, 3.05) is 0 Å². The lowest BCUT2D eigenvalue weighted by atomic mass is 9.96. The second-order valence-electron chi connectivity index (χ2n) is 5.27. The van der Waals surface area contributed by atoms with Gasteiger partial charge in [-0.3, -0.25) is 4.79 Å². The van der Waals surface area contributed by atoms with Crippen LogP contribution in [0.1, 0.15) is 39.3 Å². The van der Waals surface area contributed by atoms with Gasteiger partial charge in [-0.2, -0.15) is 0 Å². The summed E-state index contributed by atoms with van der Waals surface area (Å²) in [6, 6.07) is 5.99. The maximum absolute atomic E-state index is 12.0. The smallest absolute Gasteiger partial charge is 0.261 e. The van der Waals surface area contributed by atoms with E-state index in [2.05, 4.69) is 5.32 Å². The Labute approximate surface area is 124 Å². The number of carbonyl (C=O) groups is 1. The van der Waals surface area contributed by atoms with Gasteiger partial charge in [0.1, 0.15) is 0 Å². The Hall–Kier alpha value is -1.07. The summed E-state index contributed by atoms with van der Waals surface area (Å²) >= 11 is 0. The van der Waals surface area contributed by atoms with Gasteiger partial charge in [0.05, 0.1) is 10.9 Å². The van der Waals surface area contributed by atoms with E-state index in [-0.39, 0.29) is 28.7 Å². The highest BCUT2D eigenvalue weighted by atomic mass is 35.7. The van der Waals surface area contributed by atoms with E-state index in [0.717, 1.165) is 5.56 Å². The van der Waals surface area contributed by atoms with Crippen LogP contribution in [0.25, 0.3) is 0 Å². The number of halogens is 1. The van der Waals surface area contributed by atoms with Gasteiger partial charge >= 0.3 is 0 Å². The molecule has 0 bridgehead atoms. The number of nitrogens with one attached hydrogen (secondary N) is 1. The molecular weight excluding hydrogens is 298 g/mol. The molecular formula is C14H20ClNO3S. The minimum Gasteiger partial charge on any atom is -0.349 e. The van der Waals surface area contributed by atoms with Gasteiger partial charge in [0.15, 0.2) is 0 Å². The van der Waals surface area contributed by atoms with Gasteiger partial charge in [-0.25, -0.2) is 8.42 Å². The van der Waals surface area contributed by atoms with E-state index in [1.54, 1.807) is 12.1 Å². The molecule has 1 aromatic carbocycles. The molecule has 1 N–H and O–H groups in total. The third-order valence-corrected chi connectivity index (χ3v) is 4.80. The summed E-state index contributed by atoms with van der Waals surface area (Å²) in [5.74, 6) is 0.187. The van der Waals surface area contributed by atoms with Crippen LogP contribution >= 0.6 is 10.7 Å². The molecule has 0 aliphatic rings. The average Bonchev–Trinajstić information content (AvgIpc) is 2.36. The molecule has 0 aliphatic heterocycles. The van der Waals surface area contributed by atoms with Crippen LogP contribution in [-0.2, 0) is 13.8 Å². The van der Waals surface area contributed by atoms with Crippen LogP contribution < -0.4 is 5.32 Å². The number of hydrogen-bond donors (Lipinski definition) is 1. The van der Waals surface area contributed by atoms with Crippen molar-refractivity contribution in [3.63, 3.8) is 0 Å². The quantitative estimate of drug-likeness (QED) is 0.849. The van der Waals surface area contributed by atoms with Crippen LogP contribution in [0.3, 0.4) is 0 Å². The van der Waals surface area contributed by atoms with Gasteiger partial charge in [0.2, 0.25) is 5.91 Å². The zero-order valence-corrected chi connectivity index (χ0v) is 13.6. The average molecular weight is 318 g/mol. The highest BCUT2D eigenvalue weighted by Crippen LogP contribution is 2.20. The summed E-state index contributed by atoms with van der Waals surface area (Å²) in [5, 5.41) is 2.91. The molecule has 112 valence electrons. The zero-order chi connectivity index (χ0) is 15.5. The molecule has 6 heteroatoms. The van der Waals surface area contributed by atoms with Gasteiger partial charge in [-0.05, 0) is 30.5 Å². The molecule has 4 nitrogen and oxygen atoms in total. The summed E-state index contributed by atoms with van der Waals surface area (Å²) in [4.78, 5) is 12.0. The highest BCUT2D eigenvalue weighted by molar-refractivity contribution is 8.13. The van der Waals surface area contributed by atoms with Crippen LogP contribution in [0.15, 0.2) is 29.2 Å². The van der Waals surface area contributed by atoms with E-state index >= 15 is 0 Å². The first-order valence-corrected chi connectivity index (χ1v) is 8.79. The first kappa shape index (κ1) is 17.0. The van der Waals surface area contributed by atoms with Crippen molar-refractivity contribution < 1.29 is 13.2 Å². The van der Waals surface area contributed by atoms with Gasteiger partial charge < -0.3 is 5.32 Å². The van der Waals surface area contributed by atoms with Crippen LogP contribution in [-0.4, -0.2) is 14.3 Å². The second-order valence-corrected chi connectivity index (χ2v) is 7.84. The van der Waals surface area contributed by atoms with Crippen LogP contribution in [0.2, 0.25) is 0 Å². The summed E-state index contributed by atoms with van der Waals surface area (Å²) in [5.41, 5.74) is 0.832. The van der Waals surface area contributed by atoms with Crippen molar-refractivity contribution in [3.8, 4) is 0 Å². The Morgan fingerprint density at radius 3 is 2.00 bits per heavy atom. The summed E-state index contributed by atoms with van der Waals surface area (Å²) < 4.78 is 22.3. The lowest BCUT2D eigenvalue weighted by molar-refractivity contribution is -0.126. The van der Waals surface area contributed by atoms with E-state index in [1.807, 2.05) is 27.7 Å². The molecule has 20 heavy (non-hydrogen) atoms. The van der Waals surface area contributed by atoms with E-state index in [9.17, 15) is 13.2 Å². The fraction of sp³-hybridized carbons (Fsp3) is 0.500. The monoisotopic (exact) mass is 317 g/mol. The molecule has 1 amide bonds. The predicted octanol–water partition coefficient (Wildman–Crippen LogP) is 3.08. The number of hydrogen-bond acceptors (Lipinski definition) is 3. The predicted molar refractivity (Wildman–Crippen MR) is 80.0 cm³/mol. The van der Waals surface area contributed by atoms with Crippen molar-refractivity contribution in [1.82, 2.24) is 5.32 Å². The van der Waals surface area contributed by atoms with Crippen LogP contribution in [0, 0.1) is 11.8 Å². The first-order valence-electron chi connectivity index (χ1n) is 6.48. The summed E-state index contributed by atoms with van der Waals surface area (Å²) in [6.07, 6.45) is 0. The standard InChI is InChI=1S/C14H20ClNO3S/c1-9(2)10(3)14(17)16-11(4)12-5-7-13(8-6-12)20(15,18)19/h5-11H,1-4H3,(H,16,17). The molecule has 0 heterocycles. The maximum atomic E-state index is 12.0. The van der Waals surface area contributed by atoms with Crippen LogP contribution in [0.4, 0.5) is 0 Å². The maximum Gasteiger partial charge on any atom is 0.261 e. The molecule has 2 unspecified atom stereocenters. The SMILES string of the molecule is CC(NC(=O)C(C)C(C)C)c1ccc(S(=O)(=O)Cl)cc1. The molecule has 0 saturated carbocycles. The van der Waals surface area contributed by atoms with Crippen molar-refractivity contribution in [2.45, 2.75) is 38.6 Å². The molecule has 0 saturated heterocycles. The van der Waals surface area contributed by atoms with Crippen molar-refractivity contribution in [1.29, 1.82) is 0 Å². The van der Waals surface area contributed by atoms with Gasteiger partial charge in [-0.15, -0.1) is 0 Å². The van der Waals surface area contributed by atoms with Gasteiger partial charge in [0.25, 0.3) is 9.05 Å². The second kappa shape index (κ2) is 6.59. The molecule has 0 spiro atoms. The summed E-state index contributed by atoms with van der Waals surface area (Å²) in [6.45, 7) is 7.73. The van der Waals surface area contributed by atoms with Crippen molar-refractivity contribution >= 4 is 25.6 Å². The number of carbonyl (C=O) groups excluding carboxylic acids is 1. The molecule has 0 aromatic heterocycles. The van der Waals surface area contributed by atoms with E-state index in [1.165, 1.54) is 12.1 Å². The third-order valence-electron chi connectivity index (χ3n) is 3.43. The molecule has 0 fully saturated rings. The number of rotatable bonds is 5. The Morgan fingerprint density at radius 2 is 1.60 bits per heavy atom. The number of amides is 1. The minimum atomic E-state index is -3.71. The Balaban J connectivity index is 2.79. The van der Waals surface area contributed by atoms with Gasteiger partial charge in [0, 0.05) is 16.6 Å². The fourth-order valence-electron chi connectivity index (χ4n) is 1.65. The first-order chi connectivity index (χ1) is 9.12. The molecule has 0 radical (unpaired) electrons. The van der Waals surface area contributed by atoms with E-state index in [4.69, 9.17) is 10.7 Å². The molecule has 1 aromatic rings. The Bertz CT molecular complexity index is 567. The highest BCUT2D eigenvalue weighted by Gasteiger charge is 2.19. The fourth-order valence-corrected chi connectivity index (χ4v) is 2.42. The minimum absolute atomic E-state index is 0.0125. The zero-order valence-electron chi connectivity index (χ0n) is 12.1. The molecule has 1 rings (SSSR count). The third kappa shape index (κ3) is 4.49. The molecule has 0 aliphatic carbocycles. The van der Waals surface area contributed by atoms with E-state index < -0.39 is 9.05 Å². The largest absolute Gasteiger partial charge is 0.349 e. The van der Waals surface area contributed by atoms with E-state index in [0.29, 0.717) is 0 Å². The lowest BCUT2D eigenvalue weighted by Crippen LogP contribution is -2.33. The van der Waals surface area contributed by atoms with Crippen LogP contribution in [0.5, 0.6) is 0 Å². The normalized spacial score (nSPS) is 14.9. The number of benzene rings is 1. The Kier molecular flexibility index (Phi) is 5.59.